The molecule has 0 radical (unpaired) electrons. The molecule has 3 aromatic rings. The third kappa shape index (κ3) is 4.13. The molecule has 0 saturated carbocycles. The number of ether oxygens (including phenoxy) is 2. The third-order valence-corrected chi connectivity index (χ3v) is 6.22. The summed E-state index contributed by atoms with van der Waals surface area (Å²) in [6.45, 7) is 1.86. The zero-order valence-corrected chi connectivity index (χ0v) is 17.1. The molecule has 0 N–H and O–H groups in total. The Morgan fingerprint density at radius 1 is 1.03 bits per heavy atom. The minimum absolute atomic E-state index is 0.0392. The van der Waals surface area contributed by atoms with Crippen LogP contribution in [0.15, 0.2) is 71.6 Å². The van der Waals surface area contributed by atoms with Gasteiger partial charge in [-0.1, -0.05) is 48.0 Å². The van der Waals surface area contributed by atoms with Crippen LogP contribution in [0.2, 0.25) is 0 Å². The van der Waals surface area contributed by atoms with E-state index in [0.29, 0.717) is 6.42 Å². The quantitative estimate of drug-likeness (QED) is 0.565. The molecule has 1 heterocycles. The van der Waals surface area contributed by atoms with Crippen LogP contribution in [0.25, 0.3) is 11.1 Å². The Hall–Kier alpha value is -2.83. The summed E-state index contributed by atoms with van der Waals surface area (Å²) >= 11 is 0. The summed E-state index contributed by atoms with van der Waals surface area (Å²) in [6, 6.07) is 20.3. The fraction of sp³-hybridized carbons (Fsp3) is 0.217. The van der Waals surface area contributed by atoms with Crippen LogP contribution < -0.4 is 9.47 Å². The molecule has 1 unspecified atom stereocenters. The van der Waals surface area contributed by atoms with Gasteiger partial charge in [0.1, 0.15) is 24.2 Å². The van der Waals surface area contributed by atoms with Gasteiger partial charge in [0.25, 0.3) is 10.1 Å². The van der Waals surface area contributed by atoms with Crippen LogP contribution >= 0.6 is 0 Å². The summed E-state index contributed by atoms with van der Waals surface area (Å²) in [6.07, 6.45) is 0.230. The molecule has 0 aromatic heterocycles. The molecule has 150 valence electrons. The van der Waals surface area contributed by atoms with Gasteiger partial charge in [-0.3, -0.25) is 4.18 Å². The Kier molecular flexibility index (Phi) is 5.30. The zero-order chi connectivity index (χ0) is 20.4. The first kappa shape index (κ1) is 19.5. The van der Waals surface area contributed by atoms with Crippen LogP contribution in [0.1, 0.15) is 11.1 Å². The zero-order valence-electron chi connectivity index (χ0n) is 16.3. The van der Waals surface area contributed by atoms with E-state index < -0.39 is 10.1 Å². The second kappa shape index (κ2) is 7.89. The van der Waals surface area contributed by atoms with Gasteiger partial charge in [0.15, 0.2) is 0 Å². The van der Waals surface area contributed by atoms with Crippen molar-refractivity contribution in [1.29, 1.82) is 0 Å². The summed E-state index contributed by atoms with van der Waals surface area (Å²) < 4.78 is 41.6. The van der Waals surface area contributed by atoms with E-state index in [1.165, 1.54) is 0 Å². The molecule has 0 aliphatic carbocycles. The number of hydrogen-bond acceptors (Lipinski definition) is 5. The maximum Gasteiger partial charge on any atom is 0.297 e. The van der Waals surface area contributed by atoms with Crippen molar-refractivity contribution in [3.05, 3.63) is 77.9 Å². The SMILES string of the molecule is COc1cccc(-c2cccc3c2OC(COS(=O)(=O)c2ccc(C)cc2)C3)c1. The topological polar surface area (TPSA) is 61.8 Å². The van der Waals surface area contributed by atoms with Gasteiger partial charge < -0.3 is 9.47 Å². The van der Waals surface area contributed by atoms with Crippen molar-refractivity contribution in [2.45, 2.75) is 24.3 Å². The molecule has 3 aromatic carbocycles. The highest BCUT2D eigenvalue weighted by Gasteiger charge is 2.28. The number of rotatable bonds is 6. The van der Waals surface area contributed by atoms with E-state index in [2.05, 4.69) is 0 Å². The first-order valence-electron chi connectivity index (χ1n) is 9.35. The molecule has 0 amide bonds. The van der Waals surface area contributed by atoms with Gasteiger partial charge in [-0.25, -0.2) is 0 Å². The van der Waals surface area contributed by atoms with E-state index in [0.717, 1.165) is 33.8 Å². The molecule has 0 fully saturated rings. The van der Waals surface area contributed by atoms with E-state index in [-0.39, 0.29) is 17.6 Å². The second-order valence-corrected chi connectivity index (χ2v) is 8.64. The molecular weight excluding hydrogens is 388 g/mol. The predicted molar refractivity (Wildman–Crippen MR) is 111 cm³/mol. The molecule has 6 heteroatoms. The lowest BCUT2D eigenvalue weighted by Crippen LogP contribution is -2.23. The molecule has 1 atom stereocenters. The average Bonchev–Trinajstić information content (AvgIpc) is 3.16. The highest BCUT2D eigenvalue weighted by Crippen LogP contribution is 2.39. The summed E-state index contributed by atoms with van der Waals surface area (Å²) in [7, 11) is -2.19. The molecule has 29 heavy (non-hydrogen) atoms. The van der Waals surface area contributed by atoms with Crippen LogP contribution in [0.3, 0.4) is 0 Å². The Morgan fingerprint density at radius 2 is 1.79 bits per heavy atom. The predicted octanol–water partition coefficient (Wildman–Crippen LogP) is 4.38. The number of benzene rings is 3. The van der Waals surface area contributed by atoms with Crippen molar-refractivity contribution in [1.82, 2.24) is 0 Å². The Balaban J connectivity index is 1.50. The largest absolute Gasteiger partial charge is 0.497 e. The molecule has 4 rings (SSSR count). The Bertz CT molecular complexity index is 1120. The van der Waals surface area contributed by atoms with Gasteiger partial charge >= 0.3 is 0 Å². The van der Waals surface area contributed by atoms with Crippen LogP contribution in [-0.2, 0) is 20.7 Å². The van der Waals surface area contributed by atoms with Crippen molar-refractivity contribution in [3.8, 4) is 22.6 Å². The number of methoxy groups -OCH3 is 1. The molecule has 0 saturated heterocycles. The Morgan fingerprint density at radius 3 is 2.55 bits per heavy atom. The minimum atomic E-state index is -3.82. The van der Waals surface area contributed by atoms with E-state index in [1.807, 2.05) is 49.4 Å². The van der Waals surface area contributed by atoms with Crippen molar-refractivity contribution in [2.75, 3.05) is 13.7 Å². The molecule has 1 aliphatic heterocycles. The van der Waals surface area contributed by atoms with E-state index in [9.17, 15) is 8.42 Å². The average molecular weight is 410 g/mol. The lowest BCUT2D eigenvalue weighted by Gasteiger charge is -2.13. The van der Waals surface area contributed by atoms with Crippen molar-refractivity contribution in [3.63, 3.8) is 0 Å². The highest BCUT2D eigenvalue weighted by atomic mass is 32.2. The first-order chi connectivity index (χ1) is 14.0. The van der Waals surface area contributed by atoms with Gasteiger partial charge in [-0.05, 0) is 42.3 Å². The highest BCUT2D eigenvalue weighted by molar-refractivity contribution is 7.86. The summed E-state index contributed by atoms with van der Waals surface area (Å²) in [5, 5.41) is 0. The normalized spacial score (nSPS) is 15.6. The first-order valence-corrected chi connectivity index (χ1v) is 10.8. The van der Waals surface area contributed by atoms with Crippen molar-refractivity contribution < 1.29 is 22.1 Å². The van der Waals surface area contributed by atoms with Crippen LogP contribution in [0.5, 0.6) is 11.5 Å². The molecule has 0 spiro atoms. The summed E-state index contributed by atoms with van der Waals surface area (Å²) in [5.74, 6) is 1.53. The summed E-state index contributed by atoms with van der Waals surface area (Å²) in [4.78, 5) is 0.149. The van der Waals surface area contributed by atoms with Crippen LogP contribution in [0, 0.1) is 6.92 Å². The van der Waals surface area contributed by atoms with Crippen molar-refractivity contribution in [2.24, 2.45) is 0 Å². The van der Waals surface area contributed by atoms with Gasteiger partial charge in [-0.15, -0.1) is 0 Å². The second-order valence-electron chi connectivity index (χ2n) is 7.02. The lowest BCUT2D eigenvalue weighted by atomic mass is 10.0. The standard InChI is InChI=1S/C23H22O5S/c1-16-9-11-21(12-10-16)29(24,25)27-15-20-14-18-6-4-8-22(23(18)28-20)17-5-3-7-19(13-17)26-2/h3-13,20H,14-15H2,1-2H3. The smallest absolute Gasteiger partial charge is 0.297 e. The van der Waals surface area contributed by atoms with E-state index >= 15 is 0 Å². The minimum Gasteiger partial charge on any atom is -0.497 e. The molecule has 5 nitrogen and oxygen atoms in total. The van der Waals surface area contributed by atoms with Gasteiger partial charge in [0.2, 0.25) is 0 Å². The van der Waals surface area contributed by atoms with Gasteiger partial charge in [0.05, 0.1) is 12.0 Å². The number of hydrogen-bond donors (Lipinski definition) is 0. The number of fused-ring (bicyclic) bond motifs is 1. The number of aryl methyl sites for hydroxylation is 1. The van der Waals surface area contributed by atoms with Crippen molar-refractivity contribution >= 4 is 10.1 Å². The van der Waals surface area contributed by atoms with Crippen LogP contribution in [-0.4, -0.2) is 28.2 Å². The lowest BCUT2D eigenvalue weighted by molar-refractivity contribution is 0.152. The van der Waals surface area contributed by atoms with Gasteiger partial charge in [-0.2, -0.15) is 8.42 Å². The third-order valence-electron chi connectivity index (χ3n) is 4.93. The number of para-hydroxylation sites is 1. The fourth-order valence-electron chi connectivity index (χ4n) is 3.39. The maximum absolute atomic E-state index is 12.4. The van der Waals surface area contributed by atoms with Gasteiger partial charge in [0, 0.05) is 12.0 Å². The monoisotopic (exact) mass is 410 g/mol. The molecule has 1 aliphatic rings. The van der Waals surface area contributed by atoms with Crippen LogP contribution in [0.4, 0.5) is 0 Å². The Labute approximate surface area is 171 Å². The fourth-order valence-corrected chi connectivity index (χ4v) is 4.32. The van der Waals surface area contributed by atoms with E-state index in [1.54, 1.807) is 31.4 Å². The molecular formula is C23H22O5S. The van der Waals surface area contributed by atoms with E-state index in [4.69, 9.17) is 13.7 Å². The summed E-state index contributed by atoms with van der Waals surface area (Å²) in [5.41, 5.74) is 3.95. The maximum atomic E-state index is 12.4. The molecule has 0 bridgehead atoms.